The number of benzene rings is 1. The highest BCUT2D eigenvalue weighted by Gasteiger charge is 2.45. The Labute approximate surface area is 771 Å². The van der Waals surface area contributed by atoms with E-state index in [1.807, 2.05) is 101 Å². The third-order valence-corrected chi connectivity index (χ3v) is 28.7. The van der Waals surface area contributed by atoms with Gasteiger partial charge in [0.1, 0.15) is 51.1 Å². The van der Waals surface area contributed by atoms with Crippen molar-refractivity contribution in [3.63, 3.8) is 0 Å². The maximum absolute atomic E-state index is 12.3. The fourth-order valence-electron chi connectivity index (χ4n) is 19.2. The first-order valence-corrected chi connectivity index (χ1v) is 50.5. The van der Waals surface area contributed by atoms with E-state index in [1.165, 1.54) is 93.3 Å². The number of methoxy groups -OCH3 is 1. The lowest BCUT2D eigenvalue weighted by Crippen LogP contribution is -2.46. The van der Waals surface area contributed by atoms with Gasteiger partial charge in [-0.3, -0.25) is 9.59 Å². The van der Waals surface area contributed by atoms with Crippen molar-refractivity contribution >= 4 is 60.6 Å². The molecule has 0 N–H and O–H groups in total. The smallest absolute Gasteiger partial charge is 0.417 e. The Morgan fingerprint density at radius 3 is 1.01 bits per heavy atom. The third-order valence-electron chi connectivity index (χ3n) is 28.7. The quantitative estimate of drug-likeness (QED) is 0.116. The summed E-state index contributed by atoms with van der Waals surface area (Å²) >= 11 is 0. The van der Waals surface area contributed by atoms with Crippen LogP contribution in [0.1, 0.15) is 399 Å². The molecule has 4 saturated carbocycles. The van der Waals surface area contributed by atoms with Crippen molar-refractivity contribution in [3.05, 3.63) is 29.8 Å². The normalized spacial score (nSPS) is 20.1. The Kier molecular flexibility index (Phi) is 46.5. The van der Waals surface area contributed by atoms with E-state index in [0.717, 1.165) is 263 Å². The Morgan fingerprint density at radius 1 is 0.352 bits per heavy atom. The van der Waals surface area contributed by atoms with E-state index in [0.29, 0.717) is 43.7 Å². The van der Waals surface area contributed by atoms with Gasteiger partial charge in [0.15, 0.2) is 0 Å². The molecule has 1 unspecified atom stereocenters. The van der Waals surface area contributed by atoms with E-state index in [1.54, 1.807) is 21.8 Å². The molecule has 8 saturated heterocycles. The van der Waals surface area contributed by atoms with Gasteiger partial charge in [0, 0.05) is 104 Å². The zero-order valence-corrected chi connectivity index (χ0v) is 83.1. The van der Waals surface area contributed by atoms with Crippen LogP contribution in [0.25, 0.3) is 0 Å². The largest absolute Gasteiger partial charge is 0.497 e. The average Bonchev–Trinajstić information content (AvgIpc) is 1.53. The molecule has 8 aliphatic heterocycles. The Bertz CT molecular complexity index is 3420. The second kappa shape index (κ2) is 54.5. The van der Waals surface area contributed by atoms with E-state index in [-0.39, 0.29) is 88.1 Å². The van der Waals surface area contributed by atoms with Crippen molar-refractivity contribution in [1.82, 2.24) is 39.2 Å². The highest BCUT2D eigenvalue weighted by Crippen LogP contribution is 2.42. The zero-order valence-electron chi connectivity index (χ0n) is 83.1. The van der Waals surface area contributed by atoms with Crippen LogP contribution in [0.5, 0.6) is 5.75 Å². The van der Waals surface area contributed by atoms with E-state index < -0.39 is 17.8 Å². The molecule has 27 nitrogen and oxygen atoms in total. The van der Waals surface area contributed by atoms with Crippen LogP contribution in [0.4, 0.5) is 38.4 Å². The molecule has 12 fully saturated rings. The van der Waals surface area contributed by atoms with Crippen LogP contribution < -0.4 is 4.74 Å². The first-order valence-electron chi connectivity index (χ1n) is 50.5. The molecule has 13 rings (SSSR count). The van der Waals surface area contributed by atoms with Gasteiger partial charge in [0.05, 0.1) is 7.11 Å². The number of nitrogens with zero attached hydrogens (tertiary/aromatic N) is 8. The van der Waals surface area contributed by atoms with Crippen LogP contribution in [0.2, 0.25) is 0 Å². The minimum Gasteiger partial charge on any atom is -0.497 e. The lowest BCUT2D eigenvalue weighted by atomic mass is 9.74. The Balaban J connectivity index is 0.000000227. The predicted octanol–water partition coefficient (Wildman–Crippen LogP) is 24.1. The number of amides is 10. The molecule has 732 valence electrons. The van der Waals surface area contributed by atoms with Gasteiger partial charge in [0.25, 0.3) is 0 Å². The molecular weight excluding hydrogens is 1630 g/mol. The second-order valence-electron chi connectivity index (χ2n) is 40.0. The molecule has 0 aromatic heterocycles. The number of carbonyl (C=O) groups is 10. The molecule has 12 aliphatic rings. The standard InChI is InChI=1S/C16H27NO3.C14H19NO3.C14H23NO3.C14H25NO2.C12H21NO2.C12H23NO2.C10H19NO2.C9H17NO2/c1-3-16(4-2,13-9-6-5-7-10-13)20-15(19)17-12-8-11-14(17)18;1-11(12-5-7-13(17-2)8-6-12)18-14(16)15-9-3-4-10-15;1-14(2,11-7-4-3-5-8-11)18-13(17)15-10-6-9-12(15)16;1-14(2,12-8-4-3-5-9-12)17-13(16)15-10-6-7-11-15;1-2-12(7-3-4-8-12)15-11(14)13-9-5-6-10-13;1-4-12(5-2,6-3)15-11(14)13-9-7-8-10-13;1-4-10(2,3)13-9(12)11-7-5-6-8-11;1-9(2,3)12-8(11)10-6-4-5-7-10/h13H,3-12H2,1-2H3;5-8,11H,3-4,9-10H2,1-2H3;11H,3-10H2,1-2H3;12H,3-11H2,1-2H3;2-10H2,1H3;4-10H2,1-3H3;4-8H2,1-3H3;4-7H2,1-3H3. The van der Waals surface area contributed by atoms with Crippen LogP contribution in [-0.2, 0) is 47.5 Å². The third kappa shape index (κ3) is 35.9. The number of hydrogen-bond acceptors (Lipinski definition) is 19. The van der Waals surface area contributed by atoms with Crippen molar-refractivity contribution < 1.29 is 90.6 Å². The minimum atomic E-state index is -0.458. The van der Waals surface area contributed by atoms with E-state index >= 15 is 0 Å². The van der Waals surface area contributed by atoms with Crippen LogP contribution in [-0.4, -0.2) is 238 Å². The molecule has 10 amide bonds. The van der Waals surface area contributed by atoms with Gasteiger partial charge in [-0.25, -0.2) is 48.2 Å². The summed E-state index contributed by atoms with van der Waals surface area (Å²) in [4.78, 5) is 131. The van der Waals surface area contributed by atoms with Gasteiger partial charge in [-0.15, -0.1) is 0 Å². The molecule has 128 heavy (non-hydrogen) atoms. The molecule has 8 heterocycles. The number of ether oxygens (including phenoxy) is 9. The number of hydrogen-bond donors (Lipinski definition) is 0. The van der Waals surface area contributed by atoms with Crippen LogP contribution in [0, 0.1) is 17.8 Å². The van der Waals surface area contributed by atoms with E-state index in [9.17, 15) is 47.9 Å². The fourth-order valence-corrected chi connectivity index (χ4v) is 19.2. The minimum absolute atomic E-state index is 0.0729. The Morgan fingerprint density at radius 2 is 0.680 bits per heavy atom. The fraction of sp³-hybridized carbons (Fsp3) is 0.842. The van der Waals surface area contributed by atoms with E-state index in [4.69, 9.17) is 42.6 Å². The summed E-state index contributed by atoms with van der Waals surface area (Å²) < 4.78 is 49.7. The maximum Gasteiger partial charge on any atom is 0.417 e. The summed E-state index contributed by atoms with van der Waals surface area (Å²) in [5, 5.41) is 0. The SMILES string of the molecule is CC(C)(C)OC(=O)N1CCCC1.CC(C)(OC(=O)N1CCCC1)C1CCCCC1.CC(C)(OC(=O)N1CCCC1=O)C1CCCCC1.CCC(C)(C)OC(=O)N1CCCC1.CCC(CC)(CC)OC(=O)N1CCCC1.CCC(CC)(OC(=O)N1CCCC1=O)C1CCCCC1.CCC1(OC(=O)N2CCCC2)CCCC1.COc1ccc(C(C)OC(=O)N2CCCC2)cc1. The van der Waals surface area contributed by atoms with Crippen LogP contribution in [0.3, 0.4) is 0 Å². The summed E-state index contributed by atoms with van der Waals surface area (Å²) in [6.07, 6.45) is 43.0. The van der Waals surface area contributed by atoms with Crippen molar-refractivity contribution in [2.45, 2.75) is 433 Å². The molecule has 0 spiro atoms. The highest BCUT2D eigenvalue weighted by atomic mass is 16.6. The number of likely N-dealkylation sites (tertiary alicyclic amines) is 8. The molecule has 0 bridgehead atoms. The lowest BCUT2D eigenvalue weighted by Gasteiger charge is -2.41. The lowest BCUT2D eigenvalue weighted by molar-refractivity contribution is -0.129. The van der Waals surface area contributed by atoms with Crippen LogP contribution in [0.15, 0.2) is 24.3 Å². The second-order valence-corrected chi connectivity index (χ2v) is 40.0. The average molecular weight is 1800 g/mol. The monoisotopic (exact) mass is 1800 g/mol. The van der Waals surface area contributed by atoms with Crippen molar-refractivity contribution in [3.8, 4) is 5.75 Å². The summed E-state index contributed by atoms with van der Waals surface area (Å²) in [6.45, 7) is 45.5. The number of imide groups is 2. The topological polar surface area (TPSA) is 280 Å². The molecule has 27 heteroatoms. The van der Waals surface area contributed by atoms with Crippen molar-refractivity contribution in [1.29, 1.82) is 0 Å². The number of rotatable bonds is 19. The van der Waals surface area contributed by atoms with Crippen molar-refractivity contribution in [2.75, 3.05) is 98.7 Å². The Hall–Kier alpha value is -7.48. The van der Waals surface area contributed by atoms with Gasteiger partial charge < -0.3 is 72.0 Å². The zero-order chi connectivity index (χ0) is 94.1. The van der Waals surface area contributed by atoms with Gasteiger partial charge in [0.2, 0.25) is 11.8 Å². The molecule has 1 aromatic rings. The summed E-state index contributed by atoms with van der Waals surface area (Å²) in [6, 6.07) is 7.58. The first-order chi connectivity index (χ1) is 60.9. The molecule has 1 aromatic carbocycles. The molecule has 4 aliphatic carbocycles. The van der Waals surface area contributed by atoms with Gasteiger partial charge >= 0.3 is 48.7 Å². The molecule has 1 atom stereocenters. The van der Waals surface area contributed by atoms with Gasteiger partial charge in [-0.1, -0.05) is 118 Å². The van der Waals surface area contributed by atoms with Gasteiger partial charge in [-0.2, -0.15) is 0 Å². The highest BCUT2D eigenvalue weighted by molar-refractivity contribution is 5.94. The molecule has 0 radical (unpaired) electrons. The van der Waals surface area contributed by atoms with Crippen molar-refractivity contribution in [2.24, 2.45) is 17.8 Å². The van der Waals surface area contributed by atoms with Gasteiger partial charge in [-0.05, 0) is 304 Å². The van der Waals surface area contributed by atoms with Crippen LogP contribution >= 0.6 is 0 Å². The summed E-state index contributed by atoms with van der Waals surface area (Å²) in [5.74, 6) is 2.04. The first kappa shape index (κ1) is 109. The number of carbonyl (C=O) groups excluding carboxylic acids is 10. The summed E-state index contributed by atoms with van der Waals surface area (Å²) in [7, 11) is 1.63. The van der Waals surface area contributed by atoms with E-state index in [2.05, 4.69) is 55.4 Å². The maximum atomic E-state index is 12.3. The summed E-state index contributed by atoms with van der Waals surface area (Å²) in [5.41, 5.74) is -1.19. The molecular formula is C101H174N8O19. The predicted molar refractivity (Wildman–Crippen MR) is 500 cm³/mol.